The molecule has 2 aromatic rings. The average molecular weight is 396 g/mol. The molecular formula is C19H16N4O6. The molecule has 148 valence electrons. The van der Waals surface area contributed by atoms with Gasteiger partial charge in [0.25, 0.3) is 11.6 Å². The van der Waals surface area contributed by atoms with E-state index < -0.39 is 28.7 Å². The number of urea groups is 1. The normalized spacial score (nSPS) is 16.8. The second-order valence-electron chi connectivity index (χ2n) is 6.18. The molecular weight excluding hydrogens is 380 g/mol. The molecule has 0 radical (unpaired) electrons. The summed E-state index contributed by atoms with van der Waals surface area (Å²) in [6, 6.07) is 9.58. The Hall–Kier alpha value is -4.08. The van der Waals surface area contributed by atoms with E-state index in [-0.39, 0.29) is 17.1 Å². The molecule has 3 rings (SSSR count). The van der Waals surface area contributed by atoms with Crippen LogP contribution in [0.1, 0.15) is 5.56 Å². The fraction of sp³-hybridized carbons (Fsp3) is 0.158. The number of carbonyl (C=O) groups excluding carboxylic acids is 3. The van der Waals surface area contributed by atoms with E-state index in [0.29, 0.717) is 5.69 Å². The summed E-state index contributed by atoms with van der Waals surface area (Å²) in [4.78, 5) is 52.5. The molecule has 0 saturated carbocycles. The minimum absolute atomic E-state index is 0.0707. The molecule has 1 fully saturated rings. The van der Waals surface area contributed by atoms with Crippen LogP contribution in [-0.4, -0.2) is 36.1 Å². The number of hydrogen-bond acceptors (Lipinski definition) is 7. The number of nitro benzene ring substituents is 1. The minimum atomic E-state index is -1.39. The van der Waals surface area contributed by atoms with Crippen LogP contribution >= 0.6 is 0 Å². The Morgan fingerprint density at radius 3 is 2.62 bits per heavy atom. The summed E-state index contributed by atoms with van der Waals surface area (Å²) in [5, 5.41) is 13.1. The van der Waals surface area contributed by atoms with Crippen molar-refractivity contribution in [3.63, 3.8) is 0 Å². The van der Waals surface area contributed by atoms with Crippen molar-refractivity contribution >= 4 is 41.1 Å². The van der Waals surface area contributed by atoms with E-state index in [1.807, 2.05) is 0 Å². The van der Waals surface area contributed by atoms with Gasteiger partial charge < -0.3 is 4.74 Å². The van der Waals surface area contributed by atoms with Gasteiger partial charge in [-0.25, -0.2) is 9.69 Å². The van der Waals surface area contributed by atoms with Crippen LogP contribution in [0.3, 0.4) is 0 Å². The number of non-ortho nitro benzene ring substituents is 1. The topological polar surface area (TPSA) is 131 Å². The van der Waals surface area contributed by atoms with E-state index >= 15 is 0 Å². The Kier molecular flexibility index (Phi) is 5.35. The van der Waals surface area contributed by atoms with Gasteiger partial charge in [-0.3, -0.25) is 30.0 Å². The maximum absolute atomic E-state index is 12.8. The first kappa shape index (κ1) is 19.7. The number of ether oxygens (including phenoxy) is 1. The summed E-state index contributed by atoms with van der Waals surface area (Å²) in [7, 11) is 1.36. The van der Waals surface area contributed by atoms with Crippen molar-refractivity contribution in [1.82, 2.24) is 5.32 Å². The van der Waals surface area contributed by atoms with Gasteiger partial charge in [0.1, 0.15) is 11.4 Å². The number of rotatable bonds is 5. The number of carbonyl (C=O) groups is 3. The summed E-state index contributed by atoms with van der Waals surface area (Å²) in [6.45, 7) is 1.80. The predicted octanol–water partition coefficient (Wildman–Crippen LogP) is 2.51. The number of barbiturate groups is 1. The van der Waals surface area contributed by atoms with Crippen molar-refractivity contribution < 1.29 is 24.0 Å². The van der Waals surface area contributed by atoms with Gasteiger partial charge in [-0.1, -0.05) is 12.1 Å². The number of benzene rings is 2. The molecule has 2 aromatic carbocycles. The lowest BCUT2D eigenvalue weighted by Crippen LogP contribution is -2.58. The molecule has 1 heterocycles. The lowest BCUT2D eigenvalue weighted by Gasteiger charge is -2.28. The van der Waals surface area contributed by atoms with Crippen LogP contribution in [0.2, 0.25) is 0 Å². The van der Waals surface area contributed by atoms with Crippen molar-refractivity contribution in [2.24, 2.45) is 10.9 Å². The molecule has 0 aromatic heterocycles. The number of hydrogen-bond donors (Lipinski definition) is 1. The van der Waals surface area contributed by atoms with Gasteiger partial charge in [0.15, 0.2) is 5.92 Å². The molecule has 4 amide bonds. The largest absolute Gasteiger partial charge is 0.494 e. The first-order chi connectivity index (χ1) is 13.8. The number of anilines is 1. The zero-order chi connectivity index (χ0) is 21.1. The molecule has 1 atom stereocenters. The molecule has 0 aliphatic carbocycles. The third kappa shape index (κ3) is 3.95. The highest BCUT2D eigenvalue weighted by molar-refractivity contribution is 6.32. The Morgan fingerprint density at radius 1 is 1.21 bits per heavy atom. The van der Waals surface area contributed by atoms with Gasteiger partial charge >= 0.3 is 6.03 Å². The Bertz CT molecular complexity index is 1050. The molecule has 0 spiro atoms. The van der Waals surface area contributed by atoms with Crippen molar-refractivity contribution in [2.75, 3.05) is 12.0 Å². The van der Waals surface area contributed by atoms with Crippen LogP contribution in [0.25, 0.3) is 0 Å². The Morgan fingerprint density at radius 2 is 1.97 bits per heavy atom. The number of nitrogens with zero attached hydrogens (tertiary/aromatic N) is 3. The molecule has 10 nitrogen and oxygen atoms in total. The van der Waals surface area contributed by atoms with Crippen LogP contribution in [0.15, 0.2) is 47.5 Å². The third-order valence-electron chi connectivity index (χ3n) is 4.20. The van der Waals surface area contributed by atoms with Crippen molar-refractivity contribution in [3.8, 4) is 5.75 Å². The standard InChI is InChI=1S/C19H16N4O6/c1-11-4-3-5-12(8-11)22-18(25)14(17(24)21-19(22)26)10-20-15-9-13(23(27)28)6-7-16(15)29-2/h3-10,14H,1-2H3,(H,21,24,26)/t14-/m1/s1. The summed E-state index contributed by atoms with van der Waals surface area (Å²) < 4.78 is 5.11. The number of aliphatic imine (C=N–C) groups is 1. The zero-order valence-corrected chi connectivity index (χ0v) is 15.5. The maximum atomic E-state index is 12.8. The van der Waals surface area contributed by atoms with E-state index in [1.165, 1.54) is 19.2 Å². The Labute approximate surface area is 164 Å². The number of aryl methyl sites for hydroxylation is 1. The van der Waals surface area contributed by atoms with Crippen LogP contribution in [0.5, 0.6) is 5.75 Å². The van der Waals surface area contributed by atoms with Gasteiger partial charge in [-0.15, -0.1) is 0 Å². The van der Waals surface area contributed by atoms with Crippen molar-refractivity contribution in [1.29, 1.82) is 0 Å². The molecule has 0 unspecified atom stereocenters. The van der Waals surface area contributed by atoms with E-state index in [0.717, 1.165) is 22.7 Å². The third-order valence-corrected chi connectivity index (χ3v) is 4.20. The summed E-state index contributed by atoms with van der Waals surface area (Å²) >= 11 is 0. The molecule has 1 aliphatic heterocycles. The maximum Gasteiger partial charge on any atom is 0.335 e. The highest BCUT2D eigenvalue weighted by atomic mass is 16.6. The summed E-state index contributed by atoms with van der Waals surface area (Å²) in [6.07, 6.45) is 1.04. The number of imide groups is 2. The molecule has 1 saturated heterocycles. The molecule has 1 N–H and O–H groups in total. The Balaban J connectivity index is 1.95. The first-order valence-electron chi connectivity index (χ1n) is 8.44. The molecule has 0 bridgehead atoms. The van der Waals surface area contributed by atoms with Crippen molar-refractivity contribution in [3.05, 3.63) is 58.1 Å². The van der Waals surface area contributed by atoms with Gasteiger partial charge in [0, 0.05) is 18.3 Å². The SMILES string of the molecule is COc1ccc([N+](=O)[O-])cc1N=C[C@@H]1C(=O)NC(=O)N(c2cccc(C)c2)C1=O. The zero-order valence-electron chi connectivity index (χ0n) is 15.5. The summed E-state index contributed by atoms with van der Waals surface area (Å²) in [5.74, 6) is -2.78. The predicted molar refractivity (Wildman–Crippen MR) is 103 cm³/mol. The lowest BCUT2D eigenvalue weighted by molar-refractivity contribution is -0.384. The summed E-state index contributed by atoms with van der Waals surface area (Å²) in [5.41, 5.74) is 0.980. The van der Waals surface area contributed by atoms with E-state index in [4.69, 9.17) is 4.74 Å². The average Bonchev–Trinajstić information content (AvgIpc) is 2.67. The number of nitro groups is 1. The van der Waals surface area contributed by atoms with Crippen LogP contribution < -0.4 is 15.0 Å². The first-order valence-corrected chi connectivity index (χ1v) is 8.44. The second kappa shape index (κ2) is 7.89. The molecule has 10 heteroatoms. The highest BCUT2D eigenvalue weighted by Crippen LogP contribution is 2.31. The van der Waals surface area contributed by atoms with Gasteiger partial charge in [0.05, 0.1) is 17.7 Å². The quantitative estimate of drug-likeness (QED) is 0.357. The van der Waals surface area contributed by atoms with Crippen LogP contribution in [0.4, 0.5) is 21.9 Å². The van der Waals surface area contributed by atoms with Gasteiger partial charge in [-0.05, 0) is 30.7 Å². The number of amides is 4. The number of nitrogens with one attached hydrogen (secondary N) is 1. The van der Waals surface area contributed by atoms with Crippen LogP contribution in [0, 0.1) is 23.0 Å². The van der Waals surface area contributed by atoms with E-state index in [2.05, 4.69) is 10.3 Å². The minimum Gasteiger partial charge on any atom is -0.494 e. The van der Waals surface area contributed by atoms with Gasteiger partial charge in [0.2, 0.25) is 5.91 Å². The number of methoxy groups -OCH3 is 1. The van der Waals surface area contributed by atoms with E-state index in [9.17, 15) is 24.5 Å². The smallest absolute Gasteiger partial charge is 0.335 e. The van der Waals surface area contributed by atoms with E-state index in [1.54, 1.807) is 31.2 Å². The van der Waals surface area contributed by atoms with Crippen molar-refractivity contribution in [2.45, 2.75) is 6.92 Å². The van der Waals surface area contributed by atoms with Crippen LogP contribution in [-0.2, 0) is 9.59 Å². The fourth-order valence-corrected chi connectivity index (χ4v) is 2.78. The highest BCUT2D eigenvalue weighted by Gasteiger charge is 2.40. The second-order valence-corrected chi connectivity index (χ2v) is 6.18. The molecule has 1 aliphatic rings. The monoisotopic (exact) mass is 396 g/mol. The van der Waals surface area contributed by atoms with Gasteiger partial charge in [-0.2, -0.15) is 0 Å². The molecule has 29 heavy (non-hydrogen) atoms. The lowest BCUT2D eigenvalue weighted by atomic mass is 10.1. The fourth-order valence-electron chi connectivity index (χ4n) is 2.78.